The number of hydrogen-bond acceptors (Lipinski definition) is 2. The molecule has 3 heteroatoms. The van der Waals surface area contributed by atoms with Gasteiger partial charge in [-0.1, -0.05) is 41.9 Å². The molecule has 1 aliphatic heterocycles. The van der Waals surface area contributed by atoms with Crippen LogP contribution in [0.25, 0.3) is 0 Å². The molecule has 1 heterocycles. The van der Waals surface area contributed by atoms with Crippen LogP contribution in [0, 0.1) is 0 Å². The van der Waals surface area contributed by atoms with Gasteiger partial charge in [0.2, 0.25) is 0 Å². The van der Waals surface area contributed by atoms with E-state index in [0.29, 0.717) is 0 Å². The third-order valence-corrected chi connectivity index (χ3v) is 3.52. The molecule has 0 aliphatic carbocycles. The van der Waals surface area contributed by atoms with Gasteiger partial charge in [-0.15, -0.1) is 0 Å². The van der Waals surface area contributed by atoms with Crippen LogP contribution in [-0.2, 0) is 6.42 Å². The number of rotatable bonds is 3. The summed E-state index contributed by atoms with van der Waals surface area (Å²) in [7, 11) is 0. The highest BCUT2D eigenvalue weighted by molar-refractivity contribution is 6.30. The van der Waals surface area contributed by atoms with Crippen molar-refractivity contribution in [2.75, 3.05) is 18.0 Å². The van der Waals surface area contributed by atoms with Crippen LogP contribution in [-0.4, -0.2) is 18.9 Å². The Morgan fingerprint density at radius 1 is 1.00 bits per heavy atom. The van der Waals surface area contributed by atoms with Crippen LogP contribution in [0.3, 0.4) is 0 Å². The van der Waals surface area contributed by atoms with Crippen molar-refractivity contribution in [1.29, 1.82) is 0 Å². The van der Waals surface area contributed by atoms with Crippen LogP contribution in [0.2, 0.25) is 5.02 Å². The van der Waals surface area contributed by atoms with Gasteiger partial charge >= 0.3 is 0 Å². The molecule has 0 saturated carbocycles. The minimum Gasteiger partial charge on any atom is -0.328 e. The largest absolute Gasteiger partial charge is 0.328 e. The number of anilines is 1. The SMILES string of the molecule is Clc1ccc(N2CCN=C2Cc2ccccc2)cc1. The van der Waals surface area contributed by atoms with Gasteiger partial charge in [-0.05, 0) is 29.8 Å². The molecule has 1 aliphatic rings. The Morgan fingerprint density at radius 2 is 1.74 bits per heavy atom. The topological polar surface area (TPSA) is 15.6 Å². The van der Waals surface area contributed by atoms with E-state index in [1.54, 1.807) is 0 Å². The number of halogens is 1. The van der Waals surface area contributed by atoms with E-state index in [-0.39, 0.29) is 0 Å². The standard InChI is InChI=1S/C16H15ClN2/c17-14-6-8-15(9-7-14)19-11-10-18-16(19)12-13-4-2-1-3-5-13/h1-9H,10-12H2. The fourth-order valence-electron chi connectivity index (χ4n) is 2.32. The van der Waals surface area contributed by atoms with E-state index in [0.717, 1.165) is 36.1 Å². The number of nitrogens with zero attached hydrogens (tertiary/aromatic N) is 2. The van der Waals surface area contributed by atoms with Crippen LogP contribution >= 0.6 is 11.6 Å². The van der Waals surface area contributed by atoms with Crippen molar-refractivity contribution in [3.63, 3.8) is 0 Å². The molecule has 0 spiro atoms. The van der Waals surface area contributed by atoms with Crippen molar-refractivity contribution in [3.8, 4) is 0 Å². The minimum absolute atomic E-state index is 0.768. The van der Waals surface area contributed by atoms with Gasteiger partial charge in [0.05, 0.1) is 6.54 Å². The fraction of sp³-hybridized carbons (Fsp3) is 0.188. The summed E-state index contributed by atoms with van der Waals surface area (Å²) in [6.07, 6.45) is 0.878. The van der Waals surface area contributed by atoms with Gasteiger partial charge in [0, 0.05) is 23.7 Å². The number of aliphatic imine (C=N–C) groups is 1. The summed E-state index contributed by atoms with van der Waals surface area (Å²) in [6, 6.07) is 18.4. The lowest BCUT2D eigenvalue weighted by molar-refractivity contribution is 1.02. The molecule has 0 fully saturated rings. The maximum absolute atomic E-state index is 5.94. The lowest BCUT2D eigenvalue weighted by Crippen LogP contribution is -2.28. The highest BCUT2D eigenvalue weighted by Crippen LogP contribution is 2.21. The average Bonchev–Trinajstić information content (AvgIpc) is 2.89. The normalized spacial score (nSPS) is 14.6. The van der Waals surface area contributed by atoms with Crippen LogP contribution in [0.1, 0.15) is 5.56 Å². The van der Waals surface area contributed by atoms with Crippen LogP contribution in [0.5, 0.6) is 0 Å². The summed E-state index contributed by atoms with van der Waals surface area (Å²) in [5.41, 5.74) is 2.46. The smallest absolute Gasteiger partial charge is 0.108 e. The Kier molecular flexibility index (Phi) is 3.51. The van der Waals surface area contributed by atoms with E-state index < -0.39 is 0 Å². The molecule has 0 saturated heterocycles. The van der Waals surface area contributed by atoms with E-state index in [1.165, 1.54) is 5.56 Å². The molecule has 0 unspecified atom stereocenters. The lowest BCUT2D eigenvalue weighted by Gasteiger charge is -2.20. The third kappa shape index (κ3) is 2.79. The molecule has 2 aromatic carbocycles. The molecule has 2 aromatic rings. The first-order chi connectivity index (χ1) is 9.33. The van der Waals surface area contributed by atoms with Gasteiger partial charge in [-0.3, -0.25) is 4.99 Å². The second-order valence-corrected chi connectivity index (χ2v) is 5.02. The predicted molar refractivity (Wildman–Crippen MR) is 81.2 cm³/mol. The first kappa shape index (κ1) is 12.2. The number of hydrogen-bond donors (Lipinski definition) is 0. The van der Waals surface area contributed by atoms with Gasteiger partial charge in [-0.25, -0.2) is 0 Å². The predicted octanol–water partition coefficient (Wildman–Crippen LogP) is 3.80. The van der Waals surface area contributed by atoms with Crippen LogP contribution < -0.4 is 4.90 Å². The second kappa shape index (κ2) is 5.45. The Hall–Kier alpha value is -1.80. The Balaban J connectivity index is 1.80. The lowest BCUT2D eigenvalue weighted by atomic mass is 10.1. The number of benzene rings is 2. The second-order valence-electron chi connectivity index (χ2n) is 4.59. The zero-order valence-corrected chi connectivity index (χ0v) is 11.3. The summed E-state index contributed by atoms with van der Waals surface area (Å²) in [5.74, 6) is 1.13. The highest BCUT2D eigenvalue weighted by Gasteiger charge is 2.18. The Morgan fingerprint density at radius 3 is 2.47 bits per heavy atom. The first-order valence-corrected chi connectivity index (χ1v) is 6.81. The first-order valence-electron chi connectivity index (χ1n) is 6.43. The quantitative estimate of drug-likeness (QED) is 0.828. The molecule has 2 nitrogen and oxygen atoms in total. The van der Waals surface area contributed by atoms with Crippen LogP contribution in [0.4, 0.5) is 5.69 Å². The molecule has 0 bridgehead atoms. The maximum atomic E-state index is 5.94. The minimum atomic E-state index is 0.768. The van der Waals surface area contributed by atoms with Crippen molar-refractivity contribution < 1.29 is 0 Å². The van der Waals surface area contributed by atoms with Crippen molar-refractivity contribution in [2.45, 2.75) is 6.42 Å². The van der Waals surface area contributed by atoms with E-state index in [1.807, 2.05) is 30.3 Å². The molecule has 0 N–H and O–H groups in total. The van der Waals surface area contributed by atoms with E-state index in [2.05, 4.69) is 34.2 Å². The number of amidine groups is 1. The molecule has 96 valence electrons. The zero-order valence-electron chi connectivity index (χ0n) is 10.6. The fourth-order valence-corrected chi connectivity index (χ4v) is 2.45. The van der Waals surface area contributed by atoms with Gasteiger partial charge in [-0.2, -0.15) is 0 Å². The van der Waals surface area contributed by atoms with Crippen molar-refractivity contribution in [1.82, 2.24) is 0 Å². The van der Waals surface area contributed by atoms with Crippen molar-refractivity contribution >= 4 is 23.1 Å². The van der Waals surface area contributed by atoms with E-state index in [4.69, 9.17) is 11.6 Å². The molecular formula is C16H15ClN2. The van der Waals surface area contributed by atoms with Crippen molar-refractivity contribution in [3.05, 3.63) is 65.2 Å². The molecule has 0 amide bonds. The Labute approximate surface area is 118 Å². The molecular weight excluding hydrogens is 256 g/mol. The van der Waals surface area contributed by atoms with E-state index >= 15 is 0 Å². The summed E-state index contributed by atoms with van der Waals surface area (Å²) >= 11 is 5.94. The molecule has 3 rings (SSSR count). The molecule has 0 radical (unpaired) electrons. The van der Waals surface area contributed by atoms with Crippen molar-refractivity contribution in [2.24, 2.45) is 4.99 Å². The summed E-state index contributed by atoms with van der Waals surface area (Å²) in [5, 5.41) is 0.768. The molecule has 0 aromatic heterocycles. The average molecular weight is 271 g/mol. The maximum Gasteiger partial charge on any atom is 0.108 e. The molecule has 0 atom stereocenters. The van der Waals surface area contributed by atoms with Crippen LogP contribution in [0.15, 0.2) is 59.6 Å². The van der Waals surface area contributed by atoms with Gasteiger partial charge in [0.15, 0.2) is 0 Å². The monoisotopic (exact) mass is 270 g/mol. The van der Waals surface area contributed by atoms with Gasteiger partial charge in [0.25, 0.3) is 0 Å². The van der Waals surface area contributed by atoms with E-state index in [9.17, 15) is 0 Å². The summed E-state index contributed by atoms with van der Waals surface area (Å²) in [6.45, 7) is 1.81. The Bertz CT molecular complexity index is 575. The summed E-state index contributed by atoms with van der Waals surface area (Å²) < 4.78 is 0. The summed E-state index contributed by atoms with van der Waals surface area (Å²) in [4.78, 5) is 6.89. The highest BCUT2D eigenvalue weighted by atomic mass is 35.5. The zero-order chi connectivity index (χ0) is 13.1. The van der Waals surface area contributed by atoms with Gasteiger partial charge < -0.3 is 4.90 Å². The van der Waals surface area contributed by atoms with Gasteiger partial charge in [0.1, 0.15) is 5.84 Å². The molecule has 19 heavy (non-hydrogen) atoms. The third-order valence-electron chi connectivity index (χ3n) is 3.27.